The standard InChI is InChI=1S/C22H21N5O2S2/c1-16(28)27(19-10-6-3-7-11-19)21-23-18(14-30-21)15-31-22-25-24-20(29)26(22)13-12-17-8-4-2-5-9-17/h2-11,14H,12-13,15H2,1H3,(H,24,29). The number of aryl methyl sites for hydroxylation is 1. The number of aromatic nitrogens is 4. The summed E-state index contributed by atoms with van der Waals surface area (Å²) in [6.45, 7) is 2.08. The highest BCUT2D eigenvalue weighted by Crippen LogP contribution is 2.30. The monoisotopic (exact) mass is 451 g/mol. The van der Waals surface area contributed by atoms with Crippen LogP contribution in [0.2, 0.25) is 0 Å². The van der Waals surface area contributed by atoms with Crippen molar-refractivity contribution in [3.05, 3.63) is 87.8 Å². The second-order valence-corrected chi connectivity index (χ2v) is 8.58. The molecule has 0 spiro atoms. The fourth-order valence-corrected chi connectivity index (χ4v) is 4.96. The summed E-state index contributed by atoms with van der Waals surface area (Å²) in [6.07, 6.45) is 0.749. The number of rotatable bonds is 8. The number of aromatic amines is 1. The van der Waals surface area contributed by atoms with E-state index in [1.54, 1.807) is 9.47 Å². The fourth-order valence-electron chi connectivity index (χ4n) is 3.10. The maximum atomic E-state index is 12.2. The highest BCUT2D eigenvalue weighted by molar-refractivity contribution is 7.98. The van der Waals surface area contributed by atoms with Crippen LogP contribution in [0.25, 0.3) is 0 Å². The lowest BCUT2D eigenvalue weighted by Crippen LogP contribution is -2.22. The van der Waals surface area contributed by atoms with Crippen LogP contribution in [0, 0.1) is 0 Å². The second-order valence-electron chi connectivity index (χ2n) is 6.80. The third-order valence-electron chi connectivity index (χ3n) is 4.60. The summed E-state index contributed by atoms with van der Waals surface area (Å²) in [5.74, 6) is 0.453. The van der Waals surface area contributed by atoms with E-state index in [-0.39, 0.29) is 11.6 Å². The molecule has 1 N–H and O–H groups in total. The number of benzene rings is 2. The molecule has 0 aliphatic rings. The first-order valence-electron chi connectivity index (χ1n) is 9.74. The molecule has 0 radical (unpaired) electrons. The van der Waals surface area contributed by atoms with Crippen molar-refractivity contribution >= 4 is 39.8 Å². The van der Waals surface area contributed by atoms with Crippen molar-refractivity contribution in [2.24, 2.45) is 0 Å². The molecule has 2 aromatic heterocycles. The third-order valence-corrected chi connectivity index (χ3v) is 6.48. The number of nitrogens with zero attached hydrogens (tertiary/aromatic N) is 4. The Bertz CT molecular complexity index is 1200. The van der Waals surface area contributed by atoms with E-state index in [2.05, 4.69) is 15.2 Å². The lowest BCUT2D eigenvalue weighted by molar-refractivity contribution is -0.115. The number of carbonyl (C=O) groups is 1. The third kappa shape index (κ3) is 5.12. The van der Waals surface area contributed by atoms with Gasteiger partial charge in [-0.15, -0.1) is 16.4 Å². The number of H-pyrrole nitrogens is 1. The summed E-state index contributed by atoms with van der Waals surface area (Å²) < 4.78 is 1.65. The lowest BCUT2D eigenvalue weighted by atomic mass is 10.1. The zero-order valence-electron chi connectivity index (χ0n) is 16.9. The average Bonchev–Trinajstić information content (AvgIpc) is 3.38. The molecule has 0 saturated heterocycles. The van der Waals surface area contributed by atoms with E-state index in [9.17, 15) is 9.59 Å². The number of thiazole rings is 1. The van der Waals surface area contributed by atoms with E-state index in [1.807, 2.05) is 66.0 Å². The Balaban J connectivity index is 1.44. The number of anilines is 2. The van der Waals surface area contributed by atoms with Gasteiger partial charge in [-0.1, -0.05) is 60.3 Å². The zero-order chi connectivity index (χ0) is 21.6. The summed E-state index contributed by atoms with van der Waals surface area (Å²) in [5, 5.41) is 9.88. The fraction of sp³-hybridized carbons (Fsp3) is 0.182. The minimum atomic E-state index is -0.218. The Kier molecular flexibility index (Phi) is 6.63. The Labute approximate surface area is 187 Å². The van der Waals surface area contributed by atoms with Gasteiger partial charge in [0, 0.05) is 24.6 Å². The van der Waals surface area contributed by atoms with E-state index in [0.717, 1.165) is 17.8 Å². The molecule has 0 aliphatic heterocycles. The number of para-hydroxylation sites is 1. The van der Waals surface area contributed by atoms with Gasteiger partial charge in [0.15, 0.2) is 10.3 Å². The maximum Gasteiger partial charge on any atom is 0.343 e. The summed E-state index contributed by atoms with van der Waals surface area (Å²) in [7, 11) is 0. The molecular weight excluding hydrogens is 430 g/mol. The van der Waals surface area contributed by atoms with Crippen molar-refractivity contribution in [1.29, 1.82) is 0 Å². The molecule has 0 unspecified atom stereocenters. The molecule has 2 aromatic carbocycles. The molecule has 0 fully saturated rings. The summed E-state index contributed by atoms with van der Waals surface area (Å²) in [6, 6.07) is 19.5. The van der Waals surface area contributed by atoms with Gasteiger partial charge in [-0.3, -0.25) is 14.3 Å². The van der Waals surface area contributed by atoms with E-state index in [4.69, 9.17) is 0 Å². The first kappa shape index (κ1) is 21.1. The summed E-state index contributed by atoms with van der Waals surface area (Å²) in [5.41, 5.74) is 2.56. The van der Waals surface area contributed by atoms with E-state index < -0.39 is 0 Å². The molecule has 0 atom stereocenters. The van der Waals surface area contributed by atoms with Crippen molar-refractivity contribution in [3.8, 4) is 0 Å². The number of thioether (sulfide) groups is 1. The van der Waals surface area contributed by atoms with Gasteiger partial charge < -0.3 is 0 Å². The van der Waals surface area contributed by atoms with Gasteiger partial charge in [0.25, 0.3) is 0 Å². The van der Waals surface area contributed by atoms with E-state index >= 15 is 0 Å². The predicted octanol–water partition coefficient (Wildman–Crippen LogP) is 4.25. The average molecular weight is 452 g/mol. The van der Waals surface area contributed by atoms with E-state index in [0.29, 0.717) is 22.6 Å². The Morgan fingerprint density at radius 1 is 1.13 bits per heavy atom. The molecule has 0 bridgehead atoms. The predicted molar refractivity (Wildman–Crippen MR) is 124 cm³/mol. The first-order valence-corrected chi connectivity index (χ1v) is 11.6. The normalized spacial score (nSPS) is 10.9. The van der Waals surface area contributed by atoms with Gasteiger partial charge in [-0.05, 0) is 24.1 Å². The van der Waals surface area contributed by atoms with Crippen LogP contribution in [-0.4, -0.2) is 25.7 Å². The topological polar surface area (TPSA) is 83.9 Å². The number of nitrogens with one attached hydrogen (secondary N) is 1. The number of hydrogen-bond donors (Lipinski definition) is 1. The number of carbonyl (C=O) groups excluding carboxylic acids is 1. The van der Waals surface area contributed by atoms with Crippen LogP contribution in [0.1, 0.15) is 18.2 Å². The molecule has 0 saturated carbocycles. The molecule has 7 nitrogen and oxygen atoms in total. The minimum Gasteiger partial charge on any atom is -0.274 e. The first-order chi connectivity index (χ1) is 15.1. The van der Waals surface area contributed by atoms with Crippen molar-refractivity contribution in [2.45, 2.75) is 30.8 Å². The molecule has 9 heteroatoms. The lowest BCUT2D eigenvalue weighted by Gasteiger charge is -2.17. The van der Waals surface area contributed by atoms with Crippen molar-refractivity contribution in [3.63, 3.8) is 0 Å². The van der Waals surface area contributed by atoms with Crippen LogP contribution in [-0.2, 0) is 23.5 Å². The van der Waals surface area contributed by atoms with Crippen molar-refractivity contribution in [2.75, 3.05) is 4.90 Å². The number of amides is 1. The largest absolute Gasteiger partial charge is 0.343 e. The molecule has 4 rings (SSSR count). The van der Waals surface area contributed by atoms with Gasteiger partial charge in [0.1, 0.15) is 0 Å². The summed E-state index contributed by atoms with van der Waals surface area (Å²) >= 11 is 2.86. The van der Waals surface area contributed by atoms with Crippen LogP contribution >= 0.6 is 23.1 Å². The SMILES string of the molecule is CC(=O)N(c1ccccc1)c1nc(CSc2n[nH]c(=O)n2CCc2ccccc2)cs1. The zero-order valence-corrected chi connectivity index (χ0v) is 18.5. The molecule has 158 valence electrons. The van der Waals surface area contributed by atoms with Crippen LogP contribution in [0.4, 0.5) is 10.8 Å². The molecule has 1 amide bonds. The molecule has 31 heavy (non-hydrogen) atoms. The molecular formula is C22H21N5O2S2. The molecule has 2 heterocycles. The van der Waals surface area contributed by atoms with Gasteiger partial charge in [-0.25, -0.2) is 14.9 Å². The quantitative estimate of drug-likeness (QED) is 0.405. The van der Waals surface area contributed by atoms with Gasteiger partial charge in [0.2, 0.25) is 5.91 Å². The van der Waals surface area contributed by atoms with Crippen molar-refractivity contribution in [1.82, 2.24) is 19.7 Å². The van der Waals surface area contributed by atoms with Crippen LogP contribution in [0.15, 0.2) is 76.0 Å². The minimum absolute atomic E-state index is 0.0956. The Morgan fingerprint density at radius 3 is 2.55 bits per heavy atom. The van der Waals surface area contributed by atoms with Crippen molar-refractivity contribution < 1.29 is 4.79 Å². The van der Waals surface area contributed by atoms with Gasteiger partial charge in [-0.2, -0.15) is 0 Å². The van der Waals surface area contributed by atoms with Crippen LogP contribution in [0.3, 0.4) is 0 Å². The highest BCUT2D eigenvalue weighted by atomic mass is 32.2. The van der Waals surface area contributed by atoms with Gasteiger partial charge in [0.05, 0.1) is 11.4 Å². The second kappa shape index (κ2) is 9.76. The maximum absolute atomic E-state index is 12.2. The van der Waals surface area contributed by atoms with E-state index in [1.165, 1.54) is 35.6 Å². The van der Waals surface area contributed by atoms with Crippen LogP contribution in [0.5, 0.6) is 0 Å². The Hall–Kier alpha value is -3.17. The molecule has 0 aliphatic carbocycles. The smallest absolute Gasteiger partial charge is 0.274 e. The number of hydrogen-bond acceptors (Lipinski definition) is 6. The van der Waals surface area contributed by atoms with Crippen LogP contribution < -0.4 is 10.6 Å². The Morgan fingerprint density at radius 2 is 1.84 bits per heavy atom. The highest BCUT2D eigenvalue weighted by Gasteiger charge is 2.18. The summed E-state index contributed by atoms with van der Waals surface area (Å²) in [4.78, 5) is 30.6. The van der Waals surface area contributed by atoms with Gasteiger partial charge >= 0.3 is 5.69 Å². The molecule has 4 aromatic rings.